The molecule has 0 aliphatic rings. The molecule has 0 amide bonds. The summed E-state index contributed by atoms with van der Waals surface area (Å²) >= 11 is 0. The van der Waals surface area contributed by atoms with Crippen molar-refractivity contribution >= 4 is 8.24 Å². The molecule has 0 fully saturated rings. The van der Waals surface area contributed by atoms with Gasteiger partial charge in [0.25, 0.3) is 0 Å². The van der Waals surface area contributed by atoms with Crippen molar-refractivity contribution in [2.45, 2.75) is 19.6 Å². The van der Waals surface area contributed by atoms with Gasteiger partial charge in [-0.15, -0.1) is 0 Å². The van der Waals surface area contributed by atoms with Crippen molar-refractivity contribution in [3.8, 4) is 0 Å². The molecule has 0 atom stereocenters. The highest BCUT2D eigenvalue weighted by molar-refractivity contribution is 6.74. The van der Waals surface area contributed by atoms with E-state index in [1.165, 1.54) is 0 Å². The van der Waals surface area contributed by atoms with Crippen LogP contribution in [0, 0.1) is 0 Å². The molecule has 0 saturated carbocycles. The van der Waals surface area contributed by atoms with Crippen molar-refractivity contribution in [3.05, 3.63) is 5.53 Å². The SMILES string of the molecule is C[Si](C)(C)N=[N-]. The van der Waals surface area contributed by atoms with Gasteiger partial charge in [0, 0.05) is 0 Å². The van der Waals surface area contributed by atoms with Crippen molar-refractivity contribution in [1.82, 2.24) is 0 Å². The molecule has 36 valence electrons. The third-order valence-electron chi connectivity index (χ3n) is 0.300. The van der Waals surface area contributed by atoms with E-state index in [0.29, 0.717) is 0 Å². The van der Waals surface area contributed by atoms with E-state index in [4.69, 9.17) is 5.53 Å². The second-order valence-corrected chi connectivity index (χ2v) is 6.81. The fraction of sp³-hybridized carbons (Fsp3) is 1.00. The van der Waals surface area contributed by atoms with E-state index in [1.807, 2.05) is 19.6 Å². The Balaban J connectivity index is 3.45. The summed E-state index contributed by atoms with van der Waals surface area (Å²) in [6.45, 7) is 5.90. The van der Waals surface area contributed by atoms with E-state index in [-0.39, 0.29) is 0 Å². The molecule has 0 bridgehead atoms. The summed E-state index contributed by atoms with van der Waals surface area (Å²) < 4.78 is 3.16. The molecule has 6 heavy (non-hydrogen) atoms. The molecule has 0 rings (SSSR count). The van der Waals surface area contributed by atoms with Gasteiger partial charge in [0.05, 0.1) is 0 Å². The van der Waals surface area contributed by atoms with E-state index < -0.39 is 8.24 Å². The van der Waals surface area contributed by atoms with E-state index in [0.717, 1.165) is 0 Å². The van der Waals surface area contributed by atoms with Gasteiger partial charge in [0.1, 0.15) is 8.24 Å². The average molecular weight is 101 g/mol. The first-order valence-corrected chi connectivity index (χ1v) is 5.37. The lowest BCUT2D eigenvalue weighted by atomic mass is 11.8. The average Bonchev–Trinajstić information content (AvgIpc) is 1.35. The van der Waals surface area contributed by atoms with Crippen LogP contribution in [0.15, 0.2) is 4.78 Å². The Kier molecular flexibility index (Phi) is 1.46. The highest BCUT2D eigenvalue weighted by Crippen LogP contribution is 1.98. The second-order valence-electron chi connectivity index (χ2n) is 2.27. The van der Waals surface area contributed by atoms with Crippen LogP contribution in [0.5, 0.6) is 0 Å². The highest BCUT2D eigenvalue weighted by atomic mass is 28.3. The van der Waals surface area contributed by atoms with E-state index in [1.54, 1.807) is 0 Å². The molecule has 0 radical (unpaired) electrons. The zero-order chi connectivity index (χ0) is 5.21. The van der Waals surface area contributed by atoms with Gasteiger partial charge in [0.2, 0.25) is 0 Å². The van der Waals surface area contributed by atoms with E-state index in [2.05, 4.69) is 4.78 Å². The largest absolute Gasteiger partial charge is 0.722 e. The van der Waals surface area contributed by atoms with Crippen molar-refractivity contribution in [2.75, 3.05) is 0 Å². The number of hydrogen-bond donors (Lipinski definition) is 0. The number of rotatable bonds is 1. The summed E-state index contributed by atoms with van der Waals surface area (Å²) in [5, 5.41) is 0. The Morgan fingerprint density at radius 1 is 1.33 bits per heavy atom. The van der Waals surface area contributed by atoms with Crippen LogP contribution in [0.4, 0.5) is 0 Å². The quantitative estimate of drug-likeness (QED) is 0.357. The summed E-state index contributed by atoms with van der Waals surface area (Å²) in [5.74, 6) is 0. The van der Waals surface area contributed by atoms with Crippen LogP contribution in [0.25, 0.3) is 5.53 Å². The lowest BCUT2D eigenvalue weighted by Gasteiger charge is -2.10. The summed E-state index contributed by atoms with van der Waals surface area (Å²) in [7, 11) is -1.45. The van der Waals surface area contributed by atoms with Gasteiger partial charge in [-0.1, -0.05) is 19.6 Å². The molecule has 0 aliphatic carbocycles. The van der Waals surface area contributed by atoms with Crippen molar-refractivity contribution in [1.29, 1.82) is 0 Å². The van der Waals surface area contributed by atoms with Crippen LogP contribution in [-0.2, 0) is 0 Å². The Morgan fingerprint density at radius 3 is 1.50 bits per heavy atom. The minimum atomic E-state index is -1.45. The van der Waals surface area contributed by atoms with Crippen molar-refractivity contribution < 1.29 is 0 Å². The zero-order valence-electron chi connectivity index (χ0n) is 4.39. The zero-order valence-corrected chi connectivity index (χ0v) is 5.39. The summed E-state index contributed by atoms with van der Waals surface area (Å²) in [6.07, 6.45) is 0. The third kappa shape index (κ3) is 3.82. The van der Waals surface area contributed by atoms with Crippen LogP contribution < -0.4 is 0 Å². The van der Waals surface area contributed by atoms with Crippen LogP contribution in [0.2, 0.25) is 19.6 Å². The molecule has 0 aromatic carbocycles. The molecule has 0 heterocycles. The molecule has 2 nitrogen and oxygen atoms in total. The van der Waals surface area contributed by atoms with Gasteiger partial charge in [-0.25, -0.2) is 0 Å². The maximum Gasteiger partial charge on any atom is 0.143 e. The maximum absolute atomic E-state index is 8.09. The van der Waals surface area contributed by atoms with E-state index >= 15 is 0 Å². The minimum Gasteiger partial charge on any atom is -0.722 e. The fourth-order valence-electron chi connectivity index (χ4n) is 0. The Morgan fingerprint density at radius 2 is 1.50 bits per heavy atom. The molecule has 0 spiro atoms. The Labute approximate surface area is 39.2 Å². The molecule has 0 unspecified atom stereocenters. The molecule has 0 N–H and O–H groups in total. The summed E-state index contributed by atoms with van der Waals surface area (Å²) in [6, 6.07) is 0. The standard InChI is InChI=1S/C3H9N2Si/c1-6(2,3)5-4/h1-3H3/q-1. The normalized spacial score (nSPS) is 11.2. The number of nitrogens with zero attached hydrogens (tertiary/aromatic N) is 2. The lowest BCUT2D eigenvalue weighted by molar-refractivity contribution is 1.54. The monoisotopic (exact) mass is 101 g/mol. The van der Waals surface area contributed by atoms with Crippen LogP contribution >= 0.6 is 0 Å². The van der Waals surface area contributed by atoms with Gasteiger partial charge < -0.3 is 10.3 Å². The van der Waals surface area contributed by atoms with Gasteiger partial charge >= 0.3 is 0 Å². The van der Waals surface area contributed by atoms with Crippen LogP contribution in [0.3, 0.4) is 0 Å². The van der Waals surface area contributed by atoms with Gasteiger partial charge in [0.15, 0.2) is 0 Å². The predicted octanol–water partition coefficient (Wildman–Crippen LogP) is 1.84. The lowest BCUT2D eigenvalue weighted by Crippen LogP contribution is -2.13. The summed E-state index contributed by atoms with van der Waals surface area (Å²) in [5.41, 5.74) is 8.09. The highest BCUT2D eigenvalue weighted by Gasteiger charge is 2.03. The number of hydrogen-bond acceptors (Lipinski definition) is 1. The Bertz CT molecular complexity index is 54.3. The molecule has 0 aliphatic heterocycles. The first-order chi connectivity index (χ1) is 2.56. The topological polar surface area (TPSA) is 34.7 Å². The molecule has 0 aromatic rings. The molecular formula is C3H9N2Si-. The second kappa shape index (κ2) is 1.51. The van der Waals surface area contributed by atoms with Gasteiger partial charge in [-0.05, 0) is 0 Å². The molecule has 3 heteroatoms. The van der Waals surface area contributed by atoms with Gasteiger partial charge in [-0.3, -0.25) is 0 Å². The van der Waals surface area contributed by atoms with Crippen LogP contribution in [-0.4, -0.2) is 8.24 Å². The molecular weight excluding hydrogens is 92.1 g/mol. The predicted molar refractivity (Wildman–Crippen MR) is 29.1 cm³/mol. The van der Waals surface area contributed by atoms with Gasteiger partial charge in [-0.2, -0.15) is 0 Å². The maximum atomic E-state index is 8.09. The smallest absolute Gasteiger partial charge is 0.143 e. The molecule has 0 saturated heterocycles. The summed E-state index contributed by atoms with van der Waals surface area (Å²) in [4.78, 5) is 0. The Hall–Kier alpha value is -0.183. The van der Waals surface area contributed by atoms with Crippen molar-refractivity contribution in [2.24, 2.45) is 4.78 Å². The first kappa shape index (κ1) is 5.82. The third-order valence-corrected chi connectivity index (χ3v) is 0.900. The molecule has 0 aromatic heterocycles. The minimum absolute atomic E-state index is 1.45. The van der Waals surface area contributed by atoms with Crippen LogP contribution in [0.1, 0.15) is 0 Å². The van der Waals surface area contributed by atoms with E-state index in [9.17, 15) is 0 Å². The van der Waals surface area contributed by atoms with Crippen molar-refractivity contribution in [3.63, 3.8) is 0 Å². The first-order valence-electron chi connectivity index (χ1n) is 1.92. The fourth-order valence-corrected chi connectivity index (χ4v) is 0.